The minimum atomic E-state index is 0.703. The standard InChI is InChI=1S/C16H26BrNO/c1-3-15(4-2)18(13-11-17)12-8-14-19-16-9-6-5-7-10-16/h5-7,9-10,15H,3-4,8,11-14H2,1-2H3. The maximum absolute atomic E-state index is 5.74. The summed E-state index contributed by atoms with van der Waals surface area (Å²) in [7, 11) is 0. The Morgan fingerprint density at radius 3 is 2.37 bits per heavy atom. The van der Waals surface area contributed by atoms with Crippen molar-refractivity contribution in [3.05, 3.63) is 30.3 Å². The van der Waals surface area contributed by atoms with Crippen LogP contribution in [0.25, 0.3) is 0 Å². The summed E-state index contributed by atoms with van der Waals surface area (Å²) in [5.41, 5.74) is 0. The van der Waals surface area contributed by atoms with Crippen LogP contribution in [0.15, 0.2) is 30.3 Å². The third kappa shape index (κ3) is 6.44. The number of para-hydroxylation sites is 1. The molecule has 2 nitrogen and oxygen atoms in total. The molecular formula is C16H26BrNO. The second-order valence-corrected chi connectivity index (χ2v) is 5.50. The van der Waals surface area contributed by atoms with Crippen LogP contribution in [-0.4, -0.2) is 36.0 Å². The van der Waals surface area contributed by atoms with Gasteiger partial charge in [0, 0.05) is 24.5 Å². The van der Waals surface area contributed by atoms with Gasteiger partial charge in [-0.15, -0.1) is 0 Å². The molecule has 0 amide bonds. The fourth-order valence-corrected chi connectivity index (χ4v) is 2.82. The van der Waals surface area contributed by atoms with Crippen LogP contribution in [0.2, 0.25) is 0 Å². The van der Waals surface area contributed by atoms with E-state index in [4.69, 9.17) is 4.74 Å². The fraction of sp³-hybridized carbons (Fsp3) is 0.625. The first-order chi connectivity index (χ1) is 9.31. The molecule has 0 saturated heterocycles. The van der Waals surface area contributed by atoms with E-state index in [9.17, 15) is 0 Å². The summed E-state index contributed by atoms with van der Waals surface area (Å²) in [5, 5.41) is 1.04. The van der Waals surface area contributed by atoms with Crippen LogP contribution in [-0.2, 0) is 0 Å². The highest BCUT2D eigenvalue weighted by Gasteiger charge is 2.13. The van der Waals surface area contributed by atoms with E-state index in [1.54, 1.807) is 0 Å². The lowest BCUT2D eigenvalue weighted by Crippen LogP contribution is -2.37. The van der Waals surface area contributed by atoms with E-state index >= 15 is 0 Å². The van der Waals surface area contributed by atoms with Crippen LogP contribution in [0, 0.1) is 0 Å². The van der Waals surface area contributed by atoms with Crippen molar-refractivity contribution in [3.63, 3.8) is 0 Å². The molecule has 0 aliphatic rings. The summed E-state index contributed by atoms with van der Waals surface area (Å²) in [6, 6.07) is 10.8. The summed E-state index contributed by atoms with van der Waals surface area (Å²) in [5.74, 6) is 0.970. The van der Waals surface area contributed by atoms with E-state index in [1.807, 2.05) is 30.3 Å². The molecule has 0 heterocycles. The van der Waals surface area contributed by atoms with Crippen molar-refractivity contribution >= 4 is 15.9 Å². The van der Waals surface area contributed by atoms with Gasteiger partial charge >= 0.3 is 0 Å². The van der Waals surface area contributed by atoms with Gasteiger partial charge in [-0.3, -0.25) is 4.90 Å². The fourth-order valence-electron chi connectivity index (χ4n) is 2.36. The highest BCUT2D eigenvalue weighted by Crippen LogP contribution is 2.11. The Bertz CT molecular complexity index is 314. The highest BCUT2D eigenvalue weighted by molar-refractivity contribution is 9.09. The lowest BCUT2D eigenvalue weighted by molar-refractivity contribution is 0.179. The van der Waals surface area contributed by atoms with Crippen LogP contribution in [0.5, 0.6) is 5.75 Å². The number of benzene rings is 1. The molecular weight excluding hydrogens is 302 g/mol. The number of hydrogen-bond donors (Lipinski definition) is 0. The van der Waals surface area contributed by atoms with E-state index in [2.05, 4.69) is 34.7 Å². The maximum Gasteiger partial charge on any atom is 0.119 e. The Morgan fingerprint density at radius 1 is 1.11 bits per heavy atom. The SMILES string of the molecule is CCC(CC)N(CCBr)CCCOc1ccccc1. The number of rotatable bonds is 10. The molecule has 19 heavy (non-hydrogen) atoms. The number of nitrogens with zero attached hydrogens (tertiary/aromatic N) is 1. The van der Waals surface area contributed by atoms with Crippen LogP contribution in [0.4, 0.5) is 0 Å². The summed E-state index contributed by atoms with van der Waals surface area (Å²) in [4.78, 5) is 2.57. The molecule has 0 unspecified atom stereocenters. The zero-order valence-corrected chi connectivity index (χ0v) is 13.7. The van der Waals surface area contributed by atoms with Gasteiger partial charge in [-0.1, -0.05) is 48.0 Å². The van der Waals surface area contributed by atoms with Crippen LogP contribution in [0.1, 0.15) is 33.1 Å². The summed E-state index contributed by atoms with van der Waals surface area (Å²) in [6.45, 7) is 7.58. The Balaban J connectivity index is 2.28. The van der Waals surface area contributed by atoms with Gasteiger partial charge in [-0.2, -0.15) is 0 Å². The number of alkyl halides is 1. The molecule has 0 spiro atoms. The van der Waals surface area contributed by atoms with Crippen molar-refractivity contribution in [2.45, 2.75) is 39.2 Å². The van der Waals surface area contributed by atoms with Crippen molar-refractivity contribution < 1.29 is 4.74 Å². The normalized spacial score (nSPS) is 11.2. The van der Waals surface area contributed by atoms with Crippen molar-refractivity contribution in [1.29, 1.82) is 0 Å². The average Bonchev–Trinajstić information content (AvgIpc) is 2.46. The van der Waals surface area contributed by atoms with Gasteiger partial charge in [0.2, 0.25) is 0 Å². The van der Waals surface area contributed by atoms with E-state index in [-0.39, 0.29) is 0 Å². The van der Waals surface area contributed by atoms with Crippen molar-refractivity contribution in [3.8, 4) is 5.75 Å². The minimum Gasteiger partial charge on any atom is -0.494 e. The molecule has 1 aromatic rings. The molecule has 0 aromatic heterocycles. The van der Waals surface area contributed by atoms with Gasteiger partial charge in [0.05, 0.1) is 6.61 Å². The van der Waals surface area contributed by atoms with Crippen molar-refractivity contribution in [2.24, 2.45) is 0 Å². The molecule has 3 heteroatoms. The predicted molar refractivity (Wildman–Crippen MR) is 86.3 cm³/mol. The molecule has 0 N–H and O–H groups in total. The molecule has 0 bridgehead atoms. The van der Waals surface area contributed by atoms with E-state index in [0.29, 0.717) is 6.04 Å². The zero-order chi connectivity index (χ0) is 13.9. The highest BCUT2D eigenvalue weighted by atomic mass is 79.9. The van der Waals surface area contributed by atoms with Crippen molar-refractivity contribution in [1.82, 2.24) is 4.90 Å². The van der Waals surface area contributed by atoms with Gasteiger partial charge in [0.25, 0.3) is 0 Å². The Hall–Kier alpha value is -0.540. The van der Waals surface area contributed by atoms with E-state index in [0.717, 1.165) is 37.2 Å². The third-order valence-electron chi connectivity index (χ3n) is 3.43. The molecule has 1 aromatic carbocycles. The molecule has 0 atom stereocenters. The van der Waals surface area contributed by atoms with Crippen LogP contribution in [0.3, 0.4) is 0 Å². The van der Waals surface area contributed by atoms with Gasteiger partial charge in [0.15, 0.2) is 0 Å². The lowest BCUT2D eigenvalue weighted by atomic mass is 10.1. The van der Waals surface area contributed by atoms with Gasteiger partial charge in [0.1, 0.15) is 5.75 Å². The smallest absolute Gasteiger partial charge is 0.119 e. The minimum absolute atomic E-state index is 0.703. The first-order valence-electron chi connectivity index (χ1n) is 7.29. The topological polar surface area (TPSA) is 12.5 Å². The second kappa shape index (κ2) is 10.3. The Morgan fingerprint density at radius 2 is 1.79 bits per heavy atom. The van der Waals surface area contributed by atoms with Crippen LogP contribution < -0.4 is 4.74 Å². The number of hydrogen-bond acceptors (Lipinski definition) is 2. The molecule has 0 radical (unpaired) electrons. The van der Waals surface area contributed by atoms with E-state index < -0.39 is 0 Å². The Kier molecular flexibility index (Phi) is 8.93. The van der Waals surface area contributed by atoms with E-state index in [1.165, 1.54) is 12.8 Å². The molecule has 0 aliphatic heterocycles. The van der Waals surface area contributed by atoms with Crippen molar-refractivity contribution in [2.75, 3.05) is 25.0 Å². The quantitative estimate of drug-likeness (QED) is 0.468. The summed E-state index contributed by atoms with van der Waals surface area (Å²) < 4.78 is 5.74. The van der Waals surface area contributed by atoms with Gasteiger partial charge in [-0.05, 0) is 31.4 Å². The first kappa shape index (κ1) is 16.5. The summed E-state index contributed by atoms with van der Waals surface area (Å²) >= 11 is 3.55. The molecule has 0 aliphatic carbocycles. The molecule has 1 rings (SSSR count). The second-order valence-electron chi connectivity index (χ2n) is 4.71. The maximum atomic E-state index is 5.74. The van der Waals surface area contributed by atoms with Gasteiger partial charge < -0.3 is 4.74 Å². The monoisotopic (exact) mass is 327 g/mol. The largest absolute Gasteiger partial charge is 0.494 e. The first-order valence-corrected chi connectivity index (χ1v) is 8.41. The van der Waals surface area contributed by atoms with Crippen LogP contribution >= 0.6 is 15.9 Å². The average molecular weight is 328 g/mol. The zero-order valence-electron chi connectivity index (χ0n) is 12.1. The van der Waals surface area contributed by atoms with Gasteiger partial charge in [-0.25, -0.2) is 0 Å². The molecule has 108 valence electrons. The Labute approximate surface area is 126 Å². The molecule has 0 fully saturated rings. The predicted octanol–water partition coefficient (Wildman–Crippen LogP) is 4.34. The number of ether oxygens (including phenoxy) is 1. The summed E-state index contributed by atoms with van der Waals surface area (Å²) in [6.07, 6.45) is 3.53. The number of halogens is 1. The molecule has 0 saturated carbocycles. The lowest BCUT2D eigenvalue weighted by Gasteiger charge is -2.29. The third-order valence-corrected chi connectivity index (χ3v) is 3.79.